The second-order valence-corrected chi connectivity index (χ2v) is 7.36. The maximum absolute atomic E-state index is 11.9. The fourth-order valence-electron chi connectivity index (χ4n) is 2.74. The summed E-state index contributed by atoms with van der Waals surface area (Å²) in [6.07, 6.45) is 6.12. The molecule has 0 fully saturated rings. The molecule has 2 N–H and O–H groups in total. The average molecular weight is 363 g/mol. The van der Waals surface area contributed by atoms with E-state index < -0.39 is 11.7 Å². The van der Waals surface area contributed by atoms with Crippen LogP contribution in [0.5, 0.6) is 5.75 Å². The van der Waals surface area contributed by atoms with E-state index in [0.717, 1.165) is 42.7 Å². The zero-order valence-electron chi connectivity index (χ0n) is 15.9. The van der Waals surface area contributed by atoms with Gasteiger partial charge in [-0.25, -0.2) is 4.79 Å². The Morgan fingerprint density at radius 2 is 1.88 bits per heavy atom. The summed E-state index contributed by atoms with van der Waals surface area (Å²) in [5.74, 6) is 0.583. The molecule has 0 radical (unpaired) electrons. The SMILES string of the molecule is CC(C)(C)OC(=O)NCCCNC(=O)COc1ccnc2c1CCCC2. The van der Waals surface area contributed by atoms with Crippen molar-refractivity contribution >= 4 is 12.0 Å². The zero-order valence-corrected chi connectivity index (χ0v) is 15.9. The summed E-state index contributed by atoms with van der Waals surface area (Å²) in [7, 11) is 0. The van der Waals surface area contributed by atoms with E-state index in [1.54, 1.807) is 6.20 Å². The highest BCUT2D eigenvalue weighted by Gasteiger charge is 2.16. The van der Waals surface area contributed by atoms with Crippen LogP contribution in [0, 0.1) is 0 Å². The van der Waals surface area contributed by atoms with E-state index >= 15 is 0 Å². The first kappa shape index (κ1) is 20.0. The molecule has 2 amide bonds. The molecule has 1 aliphatic rings. The van der Waals surface area contributed by atoms with Gasteiger partial charge in [0.1, 0.15) is 11.4 Å². The molecule has 2 rings (SSSR count). The summed E-state index contributed by atoms with van der Waals surface area (Å²) in [4.78, 5) is 27.8. The van der Waals surface area contributed by atoms with Gasteiger partial charge in [-0.05, 0) is 58.9 Å². The van der Waals surface area contributed by atoms with Crippen molar-refractivity contribution in [1.29, 1.82) is 0 Å². The summed E-state index contributed by atoms with van der Waals surface area (Å²) >= 11 is 0. The topological polar surface area (TPSA) is 89.6 Å². The Balaban J connectivity index is 1.62. The van der Waals surface area contributed by atoms with E-state index in [1.807, 2.05) is 26.8 Å². The van der Waals surface area contributed by atoms with Crippen molar-refractivity contribution in [2.45, 2.75) is 58.5 Å². The zero-order chi connectivity index (χ0) is 19.0. The van der Waals surface area contributed by atoms with Crippen LogP contribution in [0.3, 0.4) is 0 Å². The summed E-state index contributed by atoms with van der Waals surface area (Å²) in [5.41, 5.74) is 1.71. The highest BCUT2D eigenvalue weighted by molar-refractivity contribution is 5.77. The third-order valence-electron chi connectivity index (χ3n) is 3.90. The van der Waals surface area contributed by atoms with Crippen molar-refractivity contribution < 1.29 is 19.1 Å². The third kappa shape index (κ3) is 6.90. The van der Waals surface area contributed by atoms with Gasteiger partial charge in [0.25, 0.3) is 5.91 Å². The van der Waals surface area contributed by atoms with Crippen molar-refractivity contribution in [3.63, 3.8) is 0 Å². The van der Waals surface area contributed by atoms with Crippen LogP contribution in [-0.2, 0) is 22.4 Å². The molecule has 1 aromatic rings. The molecule has 0 spiro atoms. The van der Waals surface area contributed by atoms with Gasteiger partial charge in [-0.2, -0.15) is 0 Å². The number of aryl methyl sites for hydroxylation is 1. The molecule has 144 valence electrons. The monoisotopic (exact) mass is 363 g/mol. The fourth-order valence-corrected chi connectivity index (χ4v) is 2.74. The number of fused-ring (bicyclic) bond motifs is 1. The normalized spacial score (nSPS) is 13.5. The number of hydrogen-bond donors (Lipinski definition) is 2. The average Bonchev–Trinajstić information content (AvgIpc) is 2.58. The minimum atomic E-state index is -0.512. The van der Waals surface area contributed by atoms with E-state index in [0.29, 0.717) is 19.5 Å². The maximum Gasteiger partial charge on any atom is 0.407 e. The quantitative estimate of drug-likeness (QED) is 0.726. The van der Waals surface area contributed by atoms with Crippen LogP contribution in [0.4, 0.5) is 4.79 Å². The molecular weight excluding hydrogens is 334 g/mol. The number of nitrogens with zero attached hydrogens (tertiary/aromatic N) is 1. The molecule has 1 aliphatic carbocycles. The highest BCUT2D eigenvalue weighted by Crippen LogP contribution is 2.27. The van der Waals surface area contributed by atoms with Crippen molar-refractivity contribution in [1.82, 2.24) is 15.6 Å². The Morgan fingerprint density at radius 3 is 2.65 bits per heavy atom. The van der Waals surface area contributed by atoms with Crippen LogP contribution in [0.1, 0.15) is 51.3 Å². The number of pyridine rings is 1. The number of ether oxygens (including phenoxy) is 2. The number of hydrogen-bond acceptors (Lipinski definition) is 5. The smallest absolute Gasteiger partial charge is 0.407 e. The molecule has 0 aliphatic heterocycles. The first-order valence-corrected chi connectivity index (χ1v) is 9.18. The minimum absolute atomic E-state index is 0.0179. The van der Waals surface area contributed by atoms with E-state index in [2.05, 4.69) is 15.6 Å². The Kier molecular flexibility index (Phi) is 7.24. The molecular formula is C19H29N3O4. The van der Waals surface area contributed by atoms with Crippen LogP contribution in [0.15, 0.2) is 12.3 Å². The first-order chi connectivity index (χ1) is 12.3. The molecule has 7 heteroatoms. The van der Waals surface area contributed by atoms with Crippen LogP contribution in [0.25, 0.3) is 0 Å². The van der Waals surface area contributed by atoms with Crippen molar-refractivity contribution in [3.05, 3.63) is 23.5 Å². The van der Waals surface area contributed by atoms with Crippen LogP contribution in [0.2, 0.25) is 0 Å². The lowest BCUT2D eigenvalue weighted by Crippen LogP contribution is -2.35. The molecule has 26 heavy (non-hydrogen) atoms. The van der Waals surface area contributed by atoms with Crippen LogP contribution >= 0.6 is 0 Å². The first-order valence-electron chi connectivity index (χ1n) is 9.18. The molecule has 0 saturated carbocycles. The lowest BCUT2D eigenvalue weighted by molar-refractivity contribution is -0.123. The lowest BCUT2D eigenvalue weighted by Gasteiger charge is -2.19. The molecule has 1 aromatic heterocycles. The van der Waals surface area contributed by atoms with Crippen molar-refractivity contribution in [3.8, 4) is 5.75 Å². The molecule has 7 nitrogen and oxygen atoms in total. The summed E-state index contributed by atoms with van der Waals surface area (Å²) < 4.78 is 10.8. The van der Waals surface area contributed by atoms with E-state index in [1.165, 1.54) is 0 Å². The summed E-state index contributed by atoms with van der Waals surface area (Å²) in [5, 5.41) is 5.44. The van der Waals surface area contributed by atoms with E-state index in [-0.39, 0.29) is 12.5 Å². The second kappa shape index (κ2) is 9.40. The predicted octanol–water partition coefficient (Wildman–Crippen LogP) is 2.37. The Labute approximate surface area is 154 Å². The minimum Gasteiger partial charge on any atom is -0.483 e. The number of carbonyl (C=O) groups excluding carboxylic acids is 2. The van der Waals surface area contributed by atoms with Gasteiger partial charge < -0.3 is 20.1 Å². The molecule has 0 bridgehead atoms. The third-order valence-corrected chi connectivity index (χ3v) is 3.90. The van der Waals surface area contributed by atoms with Crippen molar-refractivity contribution in [2.75, 3.05) is 19.7 Å². The number of alkyl carbamates (subject to hydrolysis) is 1. The van der Waals surface area contributed by atoms with Gasteiger partial charge in [-0.15, -0.1) is 0 Å². The van der Waals surface area contributed by atoms with Crippen LogP contribution < -0.4 is 15.4 Å². The van der Waals surface area contributed by atoms with E-state index in [4.69, 9.17) is 9.47 Å². The number of rotatable bonds is 7. The molecule has 1 heterocycles. The summed E-state index contributed by atoms with van der Waals surface area (Å²) in [6.45, 7) is 6.32. The lowest BCUT2D eigenvalue weighted by atomic mass is 9.95. The number of nitrogens with one attached hydrogen (secondary N) is 2. The Hall–Kier alpha value is -2.31. The van der Waals surface area contributed by atoms with Crippen molar-refractivity contribution in [2.24, 2.45) is 0 Å². The summed E-state index contributed by atoms with van der Waals surface area (Å²) in [6, 6.07) is 1.82. The standard InChI is InChI=1S/C19H29N3O4/c1-19(2,3)26-18(24)22-11-6-10-21-17(23)13-25-16-9-12-20-15-8-5-4-7-14(15)16/h9,12H,4-8,10-11,13H2,1-3H3,(H,21,23)(H,22,24). The van der Waals surface area contributed by atoms with Gasteiger partial charge in [-0.1, -0.05) is 0 Å². The predicted molar refractivity (Wildman–Crippen MR) is 98.2 cm³/mol. The highest BCUT2D eigenvalue weighted by atomic mass is 16.6. The van der Waals surface area contributed by atoms with Gasteiger partial charge in [0.2, 0.25) is 0 Å². The Bertz CT molecular complexity index is 626. The van der Waals surface area contributed by atoms with Gasteiger partial charge >= 0.3 is 6.09 Å². The fraction of sp³-hybridized carbons (Fsp3) is 0.632. The number of carbonyl (C=O) groups is 2. The van der Waals surface area contributed by atoms with Gasteiger partial charge in [0, 0.05) is 30.5 Å². The Morgan fingerprint density at radius 1 is 1.15 bits per heavy atom. The molecule has 0 aromatic carbocycles. The van der Waals surface area contributed by atoms with Crippen LogP contribution in [-0.4, -0.2) is 42.3 Å². The van der Waals surface area contributed by atoms with E-state index in [9.17, 15) is 9.59 Å². The second-order valence-electron chi connectivity index (χ2n) is 7.36. The van der Waals surface area contributed by atoms with Gasteiger partial charge in [0.15, 0.2) is 6.61 Å². The maximum atomic E-state index is 11.9. The number of amides is 2. The van der Waals surface area contributed by atoms with Gasteiger partial charge in [0.05, 0.1) is 0 Å². The number of aromatic nitrogens is 1. The molecule has 0 atom stereocenters. The molecule has 0 unspecified atom stereocenters. The van der Waals surface area contributed by atoms with Gasteiger partial charge in [-0.3, -0.25) is 9.78 Å². The largest absolute Gasteiger partial charge is 0.483 e. The molecule has 0 saturated heterocycles.